The van der Waals surface area contributed by atoms with Gasteiger partial charge in [0.2, 0.25) is 0 Å². The van der Waals surface area contributed by atoms with Crippen molar-refractivity contribution in [2.75, 3.05) is 0 Å². The highest BCUT2D eigenvalue weighted by molar-refractivity contribution is 6.06. The predicted octanol–water partition coefficient (Wildman–Crippen LogP) is 16.5. The maximum absolute atomic E-state index is 5.76. The Morgan fingerprint density at radius 1 is 0.419 bits per heavy atom. The number of unbranched alkanes of at least 4 members (excludes halogenated alkanes) is 6. The summed E-state index contributed by atoms with van der Waals surface area (Å²) < 4.78 is 0. The van der Waals surface area contributed by atoms with Gasteiger partial charge in [-0.15, -0.1) is 0 Å². The fraction of sp³-hybridized carbons (Fsp3) is 0.262. The molecule has 306 valence electrons. The molecular weight excluding hydrogens is 747 g/mol. The normalized spacial score (nSPS) is 14.4. The second-order valence-electron chi connectivity index (χ2n) is 18.9. The van der Waals surface area contributed by atoms with Crippen molar-refractivity contribution in [1.82, 2.24) is 4.98 Å². The number of hydrogen-bond acceptors (Lipinski definition) is 1. The minimum Gasteiger partial charge on any atom is -0.247 e. The van der Waals surface area contributed by atoms with Crippen LogP contribution in [-0.2, 0) is 23.7 Å². The first kappa shape index (κ1) is 38.8. The number of aryl methyl sites for hydroxylation is 2. The number of aromatic nitrogens is 1. The summed E-state index contributed by atoms with van der Waals surface area (Å²) in [5.41, 5.74) is 24.5. The van der Waals surface area contributed by atoms with Crippen LogP contribution in [0.3, 0.4) is 0 Å². The first-order valence-electron chi connectivity index (χ1n) is 23.6. The lowest BCUT2D eigenvalue weighted by Crippen LogP contribution is -2.26. The predicted molar refractivity (Wildman–Crippen MR) is 262 cm³/mol. The van der Waals surface area contributed by atoms with Crippen LogP contribution < -0.4 is 0 Å². The van der Waals surface area contributed by atoms with Crippen LogP contribution in [0.4, 0.5) is 0 Å². The van der Waals surface area contributed by atoms with E-state index in [1.807, 2.05) is 0 Å². The summed E-state index contributed by atoms with van der Waals surface area (Å²) in [7, 11) is 0. The van der Waals surface area contributed by atoms with Crippen LogP contribution in [0.2, 0.25) is 0 Å². The molecule has 1 nitrogen and oxygen atoms in total. The molecule has 0 fully saturated rings. The van der Waals surface area contributed by atoms with Gasteiger partial charge in [-0.25, -0.2) is 4.98 Å². The average molecular weight is 804 g/mol. The quantitative estimate of drug-likeness (QED) is 0.112. The molecule has 0 amide bonds. The van der Waals surface area contributed by atoms with Crippen LogP contribution in [0.25, 0.3) is 66.7 Å². The summed E-state index contributed by atoms with van der Waals surface area (Å²) in [4.78, 5) is 5.76. The van der Waals surface area contributed by atoms with Gasteiger partial charge >= 0.3 is 0 Å². The molecule has 3 aliphatic rings. The molecule has 11 rings (SSSR count). The lowest BCUT2D eigenvalue weighted by atomic mass is 9.70. The molecule has 62 heavy (non-hydrogen) atoms. The minimum absolute atomic E-state index is 0.241. The van der Waals surface area contributed by atoms with Crippen LogP contribution in [0.5, 0.6) is 0 Å². The topological polar surface area (TPSA) is 12.9 Å². The molecule has 1 heterocycles. The third-order valence-electron chi connectivity index (χ3n) is 14.8. The fourth-order valence-electron chi connectivity index (χ4n) is 11.9. The van der Waals surface area contributed by atoms with E-state index in [1.54, 1.807) is 0 Å². The summed E-state index contributed by atoms with van der Waals surface area (Å²) >= 11 is 0. The SMILES string of the molecule is CCCCCCc1cc(CCCCCC)cc(-c2ccc3nc(-c4ccc5c(c4)C4(c6ccccc6-c6ccccc64)c4ccccc4-5)c4c(c3c2)-c2ccccc2C4(C)C)c1. The van der Waals surface area contributed by atoms with Crippen LogP contribution in [0.1, 0.15) is 124 Å². The fourth-order valence-corrected chi connectivity index (χ4v) is 11.9. The Labute approximate surface area is 368 Å². The van der Waals surface area contributed by atoms with Gasteiger partial charge in [0.1, 0.15) is 0 Å². The van der Waals surface area contributed by atoms with Crippen LogP contribution in [0.15, 0.2) is 152 Å². The standard InChI is InChI=1S/C61H57N/c1-5-7-9-11-21-40-35-41(22-12-10-8-6-2)37-44(36-40)42-32-34-56-50(38-42)57-49-26-16-17-27-51(49)60(3,4)58(57)59(62-56)43-31-33-48-47-25-15-20-30-54(47)61(55(48)39-43)52-28-18-13-23-45(52)46-24-14-19-29-53(46)61/h13-20,23-39H,5-12,21-22H2,1-4H3. The Kier molecular flexibility index (Phi) is 9.64. The van der Waals surface area contributed by atoms with E-state index < -0.39 is 5.41 Å². The molecule has 0 unspecified atom stereocenters. The number of hydrogen-bond donors (Lipinski definition) is 0. The first-order chi connectivity index (χ1) is 30.4. The Bertz CT molecular complexity index is 2940. The van der Waals surface area contributed by atoms with E-state index in [0.717, 1.165) is 24.1 Å². The molecule has 0 N–H and O–H groups in total. The van der Waals surface area contributed by atoms with Crippen LogP contribution >= 0.6 is 0 Å². The van der Waals surface area contributed by atoms with Crippen molar-refractivity contribution in [2.45, 2.75) is 103 Å². The van der Waals surface area contributed by atoms with Crippen molar-refractivity contribution in [3.8, 4) is 55.8 Å². The van der Waals surface area contributed by atoms with Gasteiger partial charge in [-0.1, -0.05) is 200 Å². The molecule has 8 aromatic rings. The lowest BCUT2D eigenvalue weighted by Gasteiger charge is -2.31. The number of nitrogens with zero attached hydrogens (tertiary/aromatic N) is 1. The van der Waals surface area contributed by atoms with Crippen molar-refractivity contribution in [3.05, 3.63) is 196 Å². The zero-order valence-corrected chi connectivity index (χ0v) is 37.0. The van der Waals surface area contributed by atoms with Crippen molar-refractivity contribution in [2.24, 2.45) is 0 Å². The highest BCUT2D eigenvalue weighted by atomic mass is 14.7. The smallest absolute Gasteiger partial charge is 0.0756 e. The number of pyridine rings is 1. The van der Waals surface area contributed by atoms with E-state index in [1.165, 1.54) is 151 Å². The van der Waals surface area contributed by atoms with Crippen molar-refractivity contribution in [3.63, 3.8) is 0 Å². The van der Waals surface area contributed by atoms with Gasteiger partial charge in [0.25, 0.3) is 0 Å². The van der Waals surface area contributed by atoms with Crippen LogP contribution in [0, 0.1) is 0 Å². The summed E-state index contributed by atoms with van der Waals surface area (Å²) in [5, 5.41) is 1.25. The first-order valence-corrected chi connectivity index (χ1v) is 23.6. The zero-order chi connectivity index (χ0) is 42.0. The Morgan fingerprint density at radius 2 is 0.935 bits per heavy atom. The number of rotatable bonds is 12. The second-order valence-corrected chi connectivity index (χ2v) is 18.9. The van der Waals surface area contributed by atoms with Gasteiger partial charge in [-0.05, 0) is 133 Å². The van der Waals surface area contributed by atoms with E-state index in [-0.39, 0.29) is 5.41 Å². The molecule has 0 saturated carbocycles. The Morgan fingerprint density at radius 3 is 1.52 bits per heavy atom. The molecular formula is C61H57N. The monoisotopic (exact) mass is 803 g/mol. The maximum atomic E-state index is 5.76. The molecule has 3 aliphatic carbocycles. The van der Waals surface area contributed by atoms with Gasteiger partial charge in [-0.2, -0.15) is 0 Å². The molecule has 1 aromatic heterocycles. The van der Waals surface area contributed by atoms with E-state index in [4.69, 9.17) is 4.98 Å². The van der Waals surface area contributed by atoms with Crippen molar-refractivity contribution in [1.29, 1.82) is 0 Å². The Hall–Kier alpha value is -6.05. The molecule has 0 atom stereocenters. The largest absolute Gasteiger partial charge is 0.247 e. The van der Waals surface area contributed by atoms with Gasteiger partial charge < -0.3 is 0 Å². The molecule has 0 saturated heterocycles. The molecule has 0 radical (unpaired) electrons. The van der Waals surface area contributed by atoms with Gasteiger partial charge in [0.05, 0.1) is 16.6 Å². The average Bonchev–Trinajstić information content (AvgIpc) is 3.87. The van der Waals surface area contributed by atoms with E-state index in [9.17, 15) is 0 Å². The second kappa shape index (κ2) is 15.4. The molecule has 0 bridgehead atoms. The number of benzene rings is 7. The van der Waals surface area contributed by atoms with E-state index in [2.05, 4.69) is 179 Å². The number of fused-ring (bicyclic) bond motifs is 15. The Balaban J connectivity index is 1.10. The molecule has 1 heteroatoms. The van der Waals surface area contributed by atoms with Gasteiger partial charge in [-0.3, -0.25) is 0 Å². The highest BCUT2D eigenvalue weighted by Gasteiger charge is 2.51. The summed E-state index contributed by atoms with van der Waals surface area (Å²) in [6.07, 6.45) is 12.6. The summed E-state index contributed by atoms with van der Waals surface area (Å²) in [6, 6.07) is 58.3. The van der Waals surface area contributed by atoms with Crippen molar-refractivity contribution < 1.29 is 0 Å². The lowest BCUT2D eigenvalue weighted by molar-refractivity contribution is 0.660. The van der Waals surface area contributed by atoms with Crippen molar-refractivity contribution >= 4 is 10.9 Å². The zero-order valence-electron chi connectivity index (χ0n) is 37.0. The van der Waals surface area contributed by atoms with Gasteiger partial charge in [0, 0.05) is 16.4 Å². The molecule has 7 aromatic carbocycles. The minimum atomic E-state index is -0.401. The third-order valence-corrected chi connectivity index (χ3v) is 14.8. The highest BCUT2D eigenvalue weighted by Crippen LogP contribution is 2.63. The van der Waals surface area contributed by atoms with Gasteiger partial charge in [0.15, 0.2) is 0 Å². The summed E-state index contributed by atoms with van der Waals surface area (Å²) in [5.74, 6) is 0. The third kappa shape index (κ3) is 5.91. The van der Waals surface area contributed by atoms with E-state index in [0.29, 0.717) is 0 Å². The molecule has 0 aliphatic heterocycles. The van der Waals surface area contributed by atoms with Crippen LogP contribution in [-0.4, -0.2) is 4.98 Å². The maximum Gasteiger partial charge on any atom is 0.0756 e. The van der Waals surface area contributed by atoms with E-state index >= 15 is 0 Å². The summed E-state index contributed by atoms with van der Waals surface area (Å²) in [6.45, 7) is 9.44. The molecule has 1 spiro atoms.